The van der Waals surface area contributed by atoms with Gasteiger partial charge in [-0.2, -0.15) is 0 Å². The molecule has 1 aromatic heterocycles. The Bertz CT molecular complexity index is 1050. The van der Waals surface area contributed by atoms with Gasteiger partial charge in [-0.15, -0.1) is 0 Å². The molecule has 0 atom stereocenters. The highest BCUT2D eigenvalue weighted by molar-refractivity contribution is 6.01. The van der Waals surface area contributed by atoms with Crippen molar-refractivity contribution in [3.8, 4) is 11.5 Å². The Morgan fingerprint density at radius 3 is 2.32 bits per heavy atom. The number of benzene rings is 2. The molecule has 0 aliphatic carbocycles. The average Bonchev–Trinajstić information content (AvgIpc) is 3.07. The number of carbonyl (C=O) groups is 2. The molecule has 0 saturated carbocycles. The van der Waals surface area contributed by atoms with Gasteiger partial charge in [-0.1, -0.05) is 24.3 Å². The molecule has 0 N–H and O–H groups in total. The highest BCUT2D eigenvalue weighted by Gasteiger charge is 2.22. The molecule has 3 aromatic rings. The van der Waals surface area contributed by atoms with Gasteiger partial charge in [-0.25, -0.2) is 9.78 Å². The minimum Gasteiger partial charge on any atom is -0.452 e. The van der Waals surface area contributed by atoms with Gasteiger partial charge in [-0.3, -0.25) is 4.79 Å². The van der Waals surface area contributed by atoms with Crippen LogP contribution in [0.25, 0.3) is 11.5 Å². The number of rotatable bonds is 5. The molecular formula is C23H23NO4. The lowest BCUT2D eigenvalue weighted by atomic mass is 9.92. The Morgan fingerprint density at radius 1 is 0.964 bits per heavy atom. The predicted molar refractivity (Wildman–Crippen MR) is 107 cm³/mol. The van der Waals surface area contributed by atoms with E-state index in [4.69, 9.17) is 9.15 Å². The van der Waals surface area contributed by atoms with Gasteiger partial charge in [-0.05, 0) is 69.0 Å². The van der Waals surface area contributed by atoms with Crippen LogP contribution < -0.4 is 0 Å². The first kappa shape index (κ1) is 19.5. The Balaban J connectivity index is 1.76. The molecule has 0 aliphatic heterocycles. The van der Waals surface area contributed by atoms with E-state index in [2.05, 4.69) is 4.98 Å². The van der Waals surface area contributed by atoms with E-state index in [-0.39, 0.29) is 18.1 Å². The summed E-state index contributed by atoms with van der Waals surface area (Å²) in [6, 6.07) is 11.3. The smallest absolute Gasteiger partial charge is 0.361 e. The summed E-state index contributed by atoms with van der Waals surface area (Å²) in [7, 11) is 0. The molecule has 0 fully saturated rings. The fourth-order valence-corrected chi connectivity index (χ4v) is 3.27. The zero-order chi connectivity index (χ0) is 20.4. The van der Waals surface area contributed by atoms with Crippen LogP contribution in [0.5, 0.6) is 0 Å². The molecule has 28 heavy (non-hydrogen) atoms. The van der Waals surface area contributed by atoms with Gasteiger partial charge >= 0.3 is 5.97 Å². The number of hydrogen-bond acceptors (Lipinski definition) is 5. The number of carbonyl (C=O) groups excluding carboxylic acids is 2. The molecule has 0 bridgehead atoms. The van der Waals surface area contributed by atoms with E-state index >= 15 is 0 Å². The van der Waals surface area contributed by atoms with Crippen molar-refractivity contribution in [3.05, 3.63) is 75.7 Å². The van der Waals surface area contributed by atoms with E-state index in [1.807, 2.05) is 64.1 Å². The van der Waals surface area contributed by atoms with E-state index in [0.29, 0.717) is 17.2 Å². The number of ether oxygens (including phenoxy) is 1. The van der Waals surface area contributed by atoms with Gasteiger partial charge in [0.05, 0.1) is 0 Å². The average molecular weight is 377 g/mol. The summed E-state index contributed by atoms with van der Waals surface area (Å²) < 4.78 is 10.8. The molecule has 5 nitrogen and oxygen atoms in total. The highest BCUT2D eigenvalue weighted by atomic mass is 16.5. The van der Waals surface area contributed by atoms with E-state index in [0.717, 1.165) is 27.8 Å². The summed E-state index contributed by atoms with van der Waals surface area (Å²) >= 11 is 0. The molecule has 0 aliphatic rings. The van der Waals surface area contributed by atoms with E-state index in [1.165, 1.54) is 0 Å². The first-order valence-electron chi connectivity index (χ1n) is 9.10. The van der Waals surface area contributed by atoms with Gasteiger partial charge in [0.1, 0.15) is 5.76 Å². The van der Waals surface area contributed by atoms with E-state index in [1.54, 1.807) is 6.92 Å². The number of aryl methyl sites for hydroxylation is 3. The van der Waals surface area contributed by atoms with Crippen LogP contribution in [0, 0.1) is 34.6 Å². The van der Waals surface area contributed by atoms with Crippen LogP contribution in [-0.4, -0.2) is 23.3 Å². The third-order valence-corrected chi connectivity index (χ3v) is 4.98. The standard InChI is InChI=1S/C23H23NO4/c1-13-11-14(2)20(16(4)15(13)3)19(25)12-27-23(26)21-17(5)28-22(24-21)18-9-7-6-8-10-18/h6-11H,12H2,1-5H3. The first-order valence-corrected chi connectivity index (χ1v) is 9.10. The van der Waals surface area contributed by atoms with Crippen LogP contribution in [0.1, 0.15) is 48.9 Å². The molecule has 3 rings (SSSR count). The number of Topliss-reactive ketones (excluding diaryl/α,β-unsaturated/α-hetero) is 1. The van der Waals surface area contributed by atoms with Gasteiger partial charge in [0.2, 0.25) is 11.7 Å². The maximum absolute atomic E-state index is 12.7. The van der Waals surface area contributed by atoms with Gasteiger partial charge in [0, 0.05) is 11.1 Å². The second-order valence-corrected chi connectivity index (χ2v) is 6.92. The molecular weight excluding hydrogens is 354 g/mol. The zero-order valence-electron chi connectivity index (χ0n) is 16.8. The largest absolute Gasteiger partial charge is 0.452 e. The number of hydrogen-bond donors (Lipinski definition) is 0. The molecule has 0 unspecified atom stereocenters. The highest BCUT2D eigenvalue weighted by Crippen LogP contribution is 2.23. The monoisotopic (exact) mass is 377 g/mol. The van der Waals surface area contributed by atoms with Crippen LogP contribution in [-0.2, 0) is 4.74 Å². The minimum absolute atomic E-state index is 0.0835. The third kappa shape index (κ3) is 3.74. The third-order valence-electron chi connectivity index (χ3n) is 4.98. The SMILES string of the molecule is Cc1cc(C)c(C(=O)COC(=O)c2nc(-c3ccccc3)oc2C)c(C)c1C. The maximum atomic E-state index is 12.7. The molecule has 5 heteroatoms. The van der Waals surface area contributed by atoms with Crippen molar-refractivity contribution < 1.29 is 18.7 Å². The van der Waals surface area contributed by atoms with Crippen LogP contribution >= 0.6 is 0 Å². The zero-order valence-corrected chi connectivity index (χ0v) is 16.8. The summed E-state index contributed by atoms with van der Waals surface area (Å²) in [5, 5.41) is 0. The lowest BCUT2D eigenvalue weighted by Crippen LogP contribution is -2.17. The number of nitrogens with zero attached hydrogens (tertiary/aromatic N) is 1. The van der Waals surface area contributed by atoms with Crippen molar-refractivity contribution in [3.63, 3.8) is 0 Å². The minimum atomic E-state index is -0.670. The Kier molecular flexibility index (Phi) is 5.45. The molecule has 0 radical (unpaired) electrons. The summed E-state index contributed by atoms with van der Waals surface area (Å²) in [4.78, 5) is 29.4. The fourth-order valence-electron chi connectivity index (χ4n) is 3.27. The molecule has 0 spiro atoms. The quantitative estimate of drug-likeness (QED) is 0.466. The Morgan fingerprint density at radius 2 is 1.64 bits per heavy atom. The van der Waals surface area contributed by atoms with Crippen LogP contribution in [0.4, 0.5) is 0 Å². The number of aromatic nitrogens is 1. The van der Waals surface area contributed by atoms with Crippen molar-refractivity contribution in [1.82, 2.24) is 4.98 Å². The van der Waals surface area contributed by atoms with E-state index in [9.17, 15) is 9.59 Å². The summed E-state index contributed by atoms with van der Waals surface area (Å²) in [5.74, 6) is -0.195. The Hall–Kier alpha value is -3.21. The van der Waals surface area contributed by atoms with E-state index < -0.39 is 5.97 Å². The fraction of sp³-hybridized carbons (Fsp3) is 0.261. The van der Waals surface area contributed by atoms with Crippen molar-refractivity contribution in [1.29, 1.82) is 0 Å². The van der Waals surface area contributed by atoms with Gasteiger partial charge in [0.25, 0.3) is 0 Å². The second-order valence-electron chi connectivity index (χ2n) is 6.92. The van der Waals surface area contributed by atoms with Gasteiger partial charge < -0.3 is 9.15 Å². The number of oxazole rings is 1. The lowest BCUT2D eigenvalue weighted by molar-refractivity contribution is 0.0467. The van der Waals surface area contributed by atoms with Crippen LogP contribution in [0.2, 0.25) is 0 Å². The molecule has 0 saturated heterocycles. The normalized spacial score (nSPS) is 10.8. The molecule has 0 amide bonds. The van der Waals surface area contributed by atoms with Crippen LogP contribution in [0.15, 0.2) is 40.8 Å². The van der Waals surface area contributed by atoms with Crippen molar-refractivity contribution in [2.45, 2.75) is 34.6 Å². The topological polar surface area (TPSA) is 69.4 Å². The second kappa shape index (κ2) is 7.80. The first-order chi connectivity index (χ1) is 13.3. The molecule has 2 aromatic carbocycles. The van der Waals surface area contributed by atoms with Gasteiger partial charge in [0.15, 0.2) is 12.3 Å². The van der Waals surface area contributed by atoms with Crippen LogP contribution in [0.3, 0.4) is 0 Å². The number of esters is 1. The Labute approximate surface area is 164 Å². The van der Waals surface area contributed by atoms with Crippen molar-refractivity contribution >= 4 is 11.8 Å². The maximum Gasteiger partial charge on any atom is 0.361 e. The molecule has 1 heterocycles. The summed E-state index contributed by atoms with van der Waals surface area (Å²) in [5.41, 5.74) is 5.46. The number of ketones is 1. The molecule has 144 valence electrons. The summed E-state index contributed by atoms with van der Waals surface area (Å²) in [6.07, 6.45) is 0. The summed E-state index contributed by atoms with van der Waals surface area (Å²) in [6.45, 7) is 9.12. The lowest BCUT2D eigenvalue weighted by Gasteiger charge is -2.14. The van der Waals surface area contributed by atoms with Crippen molar-refractivity contribution in [2.24, 2.45) is 0 Å². The van der Waals surface area contributed by atoms with Crippen molar-refractivity contribution in [2.75, 3.05) is 6.61 Å². The predicted octanol–water partition coefficient (Wildman–Crippen LogP) is 4.92.